The molecule has 4 aromatic heterocycles. The third-order valence-electron chi connectivity index (χ3n) is 12.3. The van der Waals surface area contributed by atoms with E-state index in [4.69, 9.17) is 23.8 Å². The monoisotopic (exact) mass is 806 g/mol. The molecule has 0 unspecified atom stereocenters. The zero-order valence-corrected chi connectivity index (χ0v) is 33.7. The number of benzene rings is 9. The van der Waals surface area contributed by atoms with Crippen LogP contribution in [0.3, 0.4) is 0 Å². The van der Waals surface area contributed by atoms with Crippen LogP contribution in [-0.4, -0.2) is 19.5 Å². The van der Waals surface area contributed by atoms with Crippen LogP contribution in [-0.2, 0) is 0 Å². The van der Waals surface area contributed by atoms with Crippen molar-refractivity contribution in [2.75, 3.05) is 0 Å². The molecule has 0 fully saturated rings. The van der Waals surface area contributed by atoms with Crippen molar-refractivity contribution in [1.82, 2.24) is 19.5 Å². The SMILES string of the molecule is c1ccc(-c2ccc(-c3nc(-c4ccccc4)nc(-c4ccc5oc6cccc(-c7cccc8c7oc7ccccc78)c6c5c4-n4c5ccccc5c5ccccc54)n3)cc2)cc1. The first kappa shape index (κ1) is 35.2. The van der Waals surface area contributed by atoms with Crippen LogP contribution in [0, 0.1) is 0 Å². The van der Waals surface area contributed by atoms with Crippen molar-refractivity contribution in [2.24, 2.45) is 0 Å². The topological polar surface area (TPSA) is 69.9 Å². The van der Waals surface area contributed by atoms with Gasteiger partial charge in [-0.15, -0.1) is 0 Å². The summed E-state index contributed by atoms with van der Waals surface area (Å²) in [7, 11) is 0. The van der Waals surface area contributed by atoms with E-state index in [2.05, 4.69) is 162 Å². The van der Waals surface area contributed by atoms with Crippen molar-refractivity contribution in [2.45, 2.75) is 0 Å². The summed E-state index contributed by atoms with van der Waals surface area (Å²) < 4.78 is 15.9. The summed E-state index contributed by atoms with van der Waals surface area (Å²) in [5, 5.41) is 6.38. The Hall–Kier alpha value is -8.61. The molecule has 0 radical (unpaired) electrons. The number of furan rings is 2. The van der Waals surface area contributed by atoms with Gasteiger partial charge in [-0.2, -0.15) is 0 Å². The van der Waals surface area contributed by atoms with E-state index >= 15 is 0 Å². The Morgan fingerprint density at radius 1 is 0.302 bits per heavy atom. The minimum atomic E-state index is 0.552. The van der Waals surface area contributed by atoms with Gasteiger partial charge < -0.3 is 13.4 Å². The van der Waals surface area contributed by atoms with Crippen LogP contribution in [0.5, 0.6) is 0 Å². The molecule has 63 heavy (non-hydrogen) atoms. The third-order valence-corrected chi connectivity index (χ3v) is 12.3. The van der Waals surface area contributed by atoms with Gasteiger partial charge in [-0.25, -0.2) is 15.0 Å². The molecule has 0 aliphatic rings. The summed E-state index contributed by atoms with van der Waals surface area (Å²) in [6, 6.07) is 71.3. The quantitative estimate of drug-likeness (QED) is 0.167. The number of hydrogen-bond donors (Lipinski definition) is 0. The van der Waals surface area contributed by atoms with Crippen LogP contribution >= 0.6 is 0 Å². The standard InChI is InChI=1S/C57H34N4O2/c1-3-15-35(16-4-1)36-29-31-38(32-30-36)56-58-55(37-17-5-2-6-18-37)59-57(60-56)45-33-34-50-52(53(45)61-46-25-10-7-19-39(46)40-20-8-11-26-47(40)61)51-42(22-14-28-49(51)62-50)44-24-13-23-43-41-21-9-12-27-48(41)63-54(43)44/h1-34H. The maximum absolute atomic E-state index is 6.88. The van der Waals surface area contributed by atoms with Gasteiger partial charge in [0.2, 0.25) is 0 Å². The van der Waals surface area contributed by atoms with Crippen molar-refractivity contribution >= 4 is 65.7 Å². The van der Waals surface area contributed by atoms with E-state index in [0.29, 0.717) is 17.5 Å². The van der Waals surface area contributed by atoms with Gasteiger partial charge in [0.15, 0.2) is 17.5 Å². The highest BCUT2D eigenvalue weighted by Gasteiger charge is 2.26. The van der Waals surface area contributed by atoms with Gasteiger partial charge in [0.25, 0.3) is 0 Å². The maximum atomic E-state index is 6.88. The molecule has 0 aliphatic heterocycles. The lowest BCUT2D eigenvalue weighted by atomic mass is 9.95. The largest absolute Gasteiger partial charge is 0.456 e. The van der Waals surface area contributed by atoms with Gasteiger partial charge in [0.1, 0.15) is 22.3 Å². The number of para-hydroxylation sites is 4. The van der Waals surface area contributed by atoms with E-state index in [1.54, 1.807) is 0 Å². The van der Waals surface area contributed by atoms with Crippen LogP contribution in [0.25, 0.3) is 128 Å². The van der Waals surface area contributed by atoms with E-state index in [0.717, 1.165) is 110 Å². The lowest BCUT2D eigenvalue weighted by Crippen LogP contribution is -2.04. The van der Waals surface area contributed by atoms with E-state index < -0.39 is 0 Å². The molecule has 6 nitrogen and oxygen atoms in total. The molecule has 13 aromatic rings. The number of nitrogens with zero attached hydrogens (tertiary/aromatic N) is 4. The molecule has 13 rings (SSSR count). The molecule has 9 aromatic carbocycles. The Morgan fingerprint density at radius 3 is 1.54 bits per heavy atom. The van der Waals surface area contributed by atoms with Gasteiger partial charge in [0, 0.05) is 49.2 Å². The zero-order valence-electron chi connectivity index (χ0n) is 33.7. The molecule has 0 N–H and O–H groups in total. The molecular weight excluding hydrogens is 773 g/mol. The van der Waals surface area contributed by atoms with Crippen molar-refractivity contribution in [1.29, 1.82) is 0 Å². The maximum Gasteiger partial charge on any atom is 0.166 e. The number of rotatable bonds is 6. The lowest BCUT2D eigenvalue weighted by Gasteiger charge is -2.16. The minimum Gasteiger partial charge on any atom is -0.456 e. The Bertz CT molecular complexity index is 3850. The first-order valence-electron chi connectivity index (χ1n) is 21.1. The third kappa shape index (κ3) is 5.55. The number of hydrogen-bond acceptors (Lipinski definition) is 5. The molecule has 0 atom stereocenters. The van der Waals surface area contributed by atoms with Gasteiger partial charge in [0.05, 0.1) is 22.1 Å². The summed E-state index contributed by atoms with van der Waals surface area (Å²) in [5.74, 6) is 1.72. The molecule has 0 spiro atoms. The molecule has 4 heterocycles. The second kappa shape index (κ2) is 14.0. The Morgan fingerprint density at radius 2 is 0.810 bits per heavy atom. The lowest BCUT2D eigenvalue weighted by molar-refractivity contribution is 0.668. The Labute approximate surface area is 361 Å². The van der Waals surface area contributed by atoms with E-state index in [1.165, 1.54) is 0 Å². The van der Waals surface area contributed by atoms with Crippen LogP contribution in [0.15, 0.2) is 215 Å². The first-order chi connectivity index (χ1) is 31.2. The summed E-state index contributed by atoms with van der Waals surface area (Å²) in [5.41, 5.74) is 13.2. The molecule has 294 valence electrons. The predicted octanol–water partition coefficient (Wildman–Crippen LogP) is 15.1. The molecule has 0 bridgehead atoms. The van der Waals surface area contributed by atoms with E-state index in [9.17, 15) is 0 Å². The van der Waals surface area contributed by atoms with Crippen molar-refractivity contribution in [3.05, 3.63) is 206 Å². The van der Waals surface area contributed by atoms with Crippen LogP contribution in [0.2, 0.25) is 0 Å². The van der Waals surface area contributed by atoms with Gasteiger partial charge in [-0.1, -0.05) is 170 Å². The normalized spacial score (nSPS) is 11.8. The predicted molar refractivity (Wildman–Crippen MR) is 256 cm³/mol. The summed E-state index contributed by atoms with van der Waals surface area (Å²) in [4.78, 5) is 15.8. The number of fused-ring (bicyclic) bond motifs is 9. The number of aromatic nitrogens is 4. The average molecular weight is 807 g/mol. The average Bonchev–Trinajstić information content (AvgIpc) is 4.04. The molecule has 6 heteroatoms. The van der Waals surface area contributed by atoms with Crippen molar-refractivity contribution < 1.29 is 8.83 Å². The fraction of sp³-hybridized carbons (Fsp3) is 0. The van der Waals surface area contributed by atoms with Gasteiger partial charge in [-0.05, 0) is 53.1 Å². The minimum absolute atomic E-state index is 0.552. The summed E-state index contributed by atoms with van der Waals surface area (Å²) >= 11 is 0. The second-order valence-corrected chi connectivity index (χ2v) is 15.9. The highest BCUT2D eigenvalue weighted by molar-refractivity contribution is 6.22. The van der Waals surface area contributed by atoms with Crippen molar-refractivity contribution in [3.63, 3.8) is 0 Å². The van der Waals surface area contributed by atoms with E-state index in [-0.39, 0.29) is 0 Å². The summed E-state index contributed by atoms with van der Waals surface area (Å²) in [6.07, 6.45) is 0. The smallest absolute Gasteiger partial charge is 0.166 e. The Kier molecular flexibility index (Phi) is 7.80. The fourth-order valence-corrected chi connectivity index (χ4v) is 9.44. The second-order valence-electron chi connectivity index (χ2n) is 15.9. The molecule has 0 saturated carbocycles. The van der Waals surface area contributed by atoms with Gasteiger partial charge in [-0.3, -0.25) is 0 Å². The molecule has 0 aliphatic carbocycles. The van der Waals surface area contributed by atoms with Crippen LogP contribution < -0.4 is 0 Å². The highest BCUT2D eigenvalue weighted by atomic mass is 16.3. The van der Waals surface area contributed by atoms with E-state index in [1.807, 2.05) is 48.5 Å². The highest BCUT2D eigenvalue weighted by Crippen LogP contribution is 2.47. The fourth-order valence-electron chi connectivity index (χ4n) is 9.44. The molecular formula is C57H34N4O2. The molecule has 0 amide bonds. The first-order valence-corrected chi connectivity index (χ1v) is 21.1. The van der Waals surface area contributed by atoms with Crippen LogP contribution in [0.4, 0.5) is 0 Å². The van der Waals surface area contributed by atoms with Gasteiger partial charge >= 0.3 is 0 Å². The summed E-state index contributed by atoms with van der Waals surface area (Å²) in [6.45, 7) is 0. The zero-order chi connectivity index (χ0) is 41.4. The van der Waals surface area contributed by atoms with Crippen LogP contribution in [0.1, 0.15) is 0 Å². The Balaban J connectivity index is 1.14. The van der Waals surface area contributed by atoms with Crippen molar-refractivity contribution in [3.8, 4) is 62.1 Å². The molecule has 0 saturated heterocycles.